The fourth-order valence-electron chi connectivity index (χ4n) is 2.89. The van der Waals surface area contributed by atoms with Crippen molar-refractivity contribution < 1.29 is 4.79 Å². The number of nitrogens with zero attached hydrogens (tertiary/aromatic N) is 4. The minimum Gasteiger partial charge on any atom is -0.308 e. The molecule has 0 aliphatic rings. The first kappa shape index (κ1) is 17.5. The van der Waals surface area contributed by atoms with E-state index in [0.717, 1.165) is 22.4 Å². The third-order valence-electron chi connectivity index (χ3n) is 4.23. The van der Waals surface area contributed by atoms with Crippen LogP contribution in [0.3, 0.4) is 0 Å². The Hall–Kier alpha value is -3.94. The molecule has 0 radical (unpaired) electrons. The Morgan fingerprint density at radius 3 is 2.71 bits per heavy atom. The number of aryl methyl sites for hydroxylation is 2. The topological polar surface area (TPSA) is 101 Å². The van der Waals surface area contributed by atoms with Crippen LogP contribution in [0.1, 0.15) is 5.56 Å². The van der Waals surface area contributed by atoms with Crippen LogP contribution in [0, 0.1) is 6.92 Å². The molecular formula is C20H19N7O. The fourth-order valence-corrected chi connectivity index (χ4v) is 2.89. The molecule has 0 atom stereocenters. The van der Waals surface area contributed by atoms with Crippen molar-refractivity contribution in [3.63, 3.8) is 0 Å². The average Bonchev–Trinajstić information content (AvgIpc) is 3.31. The van der Waals surface area contributed by atoms with E-state index < -0.39 is 0 Å². The Morgan fingerprint density at radius 2 is 1.93 bits per heavy atom. The summed E-state index contributed by atoms with van der Waals surface area (Å²) in [5, 5.41) is 16.9. The zero-order valence-corrected chi connectivity index (χ0v) is 15.5. The van der Waals surface area contributed by atoms with E-state index in [9.17, 15) is 4.79 Å². The molecule has 140 valence electrons. The Balaban J connectivity index is 1.45. The van der Waals surface area contributed by atoms with Gasteiger partial charge in [0, 0.05) is 29.9 Å². The summed E-state index contributed by atoms with van der Waals surface area (Å²) in [5.74, 6) is 1.04. The van der Waals surface area contributed by atoms with Crippen LogP contribution in [0.4, 0.5) is 16.3 Å². The maximum absolute atomic E-state index is 12.3. The molecule has 2 amide bonds. The lowest BCUT2D eigenvalue weighted by Gasteiger charge is -2.06. The van der Waals surface area contributed by atoms with Crippen molar-refractivity contribution in [2.45, 2.75) is 6.92 Å². The molecule has 0 saturated carbocycles. The summed E-state index contributed by atoms with van der Waals surface area (Å²) >= 11 is 0. The van der Waals surface area contributed by atoms with E-state index >= 15 is 0 Å². The van der Waals surface area contributed by atoms with Crippen molar-refractivity contribution in [2.75, 3.05) is 10.6 Å². The van der Waals surface area contributed by atoms with Gasteiger partial charge < -0.3 is 5.32 Å². The standard InChI is InChI=1S/C20H19N7O/c1-13-6-3-4-9-16(13)17-11-18(25-24-17)23-20(28)22-15-8-5-7-14(10-15)19-21-12-27(2)26-19/h3-12H,1-2H3,(H3,22,23,24,25,28). The minimum absolute atomic E-state index is 0.381. The Bertz CT molecular complexity index is 1130. The van der Waals surface area contributed by atoms with Gasteiger partial charge in [-0.2, -0.15) is 10.2 Å². The molecule has 0 fully saturated rings. The molecule has 4 aromatic rings. The number of hydrogen-bond donors (Lipinski definition) is 3. The number of nitrogens with one attached hydrogen (secondary N) is 3. The van der Waals surface area contributed by atoms with E-state index in [1.807, 2.05) is 49.4 Å². The summed E-state index contributed by atoms with van der Waals surface area (Å²) in [5.41, 5.74) is 4.47. The number of anilines is 2. The lowest BCUT2D eigenvalue weighted by molar-refractivity contribution is 0.262. The summed E-state index contributed by atoms with van der Waals surface area (Å²) in [6, 6.07) is 16.7. The monoisotopic (exact) mass is 373 g/mol. The Kier molecular flexibility index (Phi) is 4.59. The molecule has 0 aliphatic heterocycles. The van der Waals surface area contributed by atoms with Crippen LogP contribution in [0.25, 0.3) is 22.6 Å². The smallest absolute Gasteiger partial charge is 0.308 e. The van der Waals surface area contributed by atoms with E-state index in [4.69, 9.17) is 0 Å². The summed E-state index contributed by atoms with van der Waals surface area (Å²) < 4.78 is 1.63. The first-order valence-corrected chi connectivity index (χ1v) is 8.74. The van der Waals surface area contributed by atoms with Crippen LogP contribution < -0.4 is 10.6 Å². The lowest BCUT2D eigenvalue weighted by Crippen LogP contribution is -2.19. The van der Waals surface area contributed by atoms with Crippen LogP contribution in [-0.4, -0.2) is 31.0 Å². The predicted molar refractivity (Wildman–Crippen MR) is 108 cm³/mol. The van der Waals surface area contributed by atoms with E-state index in [-0.39, 0.29) is 6.03 Å². The number of hydrogen-bond acceptors (Lipinski definition) is 4. The minimum atomic E-state index is -0.381. The Morgan fingerprint density at radius 1 is 1.07 bits per heavy atom. The Labute approximate surface area is 161 Å². The van der Waals surface area contributed by atoms with Gasteiger partial charge in [0.05, 0.1) is 5.69 Å². The third-order valence-corrected chi connectivity index (χ3v) is 4.23. The second-order valence-electron chi connectivity index (χ2n) is 6.38. The number of carbonyl (C=O) groups excluding carboxylic acids is 1. The first-order chi connectivity index (χ1) is 13.6. The molecule has 0 bridgehead atoms. The van der Waals surface area contributed by atoms with Gasteiger partial charge in [-0.1, -0.05) is 36.4 Å². The van der Waals surface area contributed by atoms with Gasteiger partial charge in [0.1, 0.15) is 6.33 Å². The van der Waals surface area contributed by atoms with Crippen molar-refractivity contribution in [3.05, 3.63) is 66.5 Å². The summed E-state index contributed by atoms with van der Waals surface area (Å²) in [6.07, 6.45) is 1.63. The van der Waals surface area contributed by atoms with Crippen LogP contribution >= 0.6 is 0 Å². The molecule has 3 N–H and O–H groups in total. The molecule has 0 spiro atoms. The molecule has 2 heterocycles. The van der Waals surface area contributed by atoms with Crippen LogP contribution in [0.2, 0.25) is 0 Å². The van der Waals surface area contributed by atoms with Gasteiger partial charge in [-0.15, -0.1) is 0 Å². The molecule has 0 unspecified atom stereocenters. The van der Waals surface area contributed by atoms with Crippen molar-refractivity contribution in [1.29, 1.82) is 0 Å². The van der Waals surface area contributed by atoms with Crippen LogP contribution in [-0.2, 0) is 7.05 Å². The van der Waals surface area contributed by atoms with Gasteiger partial charge in [-0.25, -0.2) is 9.78 Å². The van der Waals surface area contributed by atoms with Gasteiger partial charge in [0.2, 0.25) is 0 Å². The largest absolute Gasteiger partial charge is 0.324 e. The molecule has 0 aliphatic carbocycles. The summed E-state index contributed by atoms with van der Waals surface area (Å²) in [4.78, 5) is 16.6. The second kappa shape index (κ2) is 7.36. The third kappa shape index (κ3) is 3.75. The number of benzene rings is 2. The highest BCUT2D eigenvalue weighted by Gasteiger charge is 2.10. The van der Waals surface area contributed by atoms with Crippen molar-refractivity contribution in [2.24, 2.45) is 7.05 Å². The normalized spacial score (nSPS) is 10.6. The molecule has 8 heteroatoms. The first-order valence-electron chi connectivity index (χ1n) is 8.74. The molecule has 2 aromatic carbocycles. The highest BCUT2D eigenvalue weighted by Crippen LogP contribution is 2.23. The zero-order valence-electron chi connectivity index (χ0n) is 15.5. The van der Waals surface area contributed by atoms with E-state index in [2.05, 4.69) is 30.9 Å². The number of H-pyrrole nitrogens is 1. The highest BCUT2D eigenvalue weighted by atomic mass is 16.2. The zero-order chi connectivity index (χ0) is 19.5. The molecule has 8 nitrogen and oxygen atoms in total. The van der Waals surface area contributed by atoms with Crippen molar-refractivity contribution in [3.8, 4) is 22.6 Å². The van der Waals surface area contributed by atoms with E-state index in [0.29, 0.717) is 17.3 Å². The fraction of sp³-hybridized carbons (Fsp3) is 0.100. The summed E-state index contributed by atoms with van der Waals surface area (Å²) in [7, 11) is 1.81. The number of carbonyl (C=O) groups is 1. The number of rotatable bonds is 4. The average molecular weight is 373 g/mol. The maximum atomic E-state index is 12.3. The van der Waals surface area contributed by atoms with E-state index in [1.165, 1.54) is 0 Å². The number of urea groups is 1. The maximum Gasteiger partial charge on any atom is 0.324 e. The quantitative estimate of drug-likeness (QED) is 0.506. The second-order valence-corrected chi connectivity index (χ2v) is 6.38. The van der Waals surface area contributed by atoms with Gasteiger partial charge in [-0.05, 0) is 24.6 Å². The highest BCUT2D eigenvalue weighted by molar-refractivity contribution is 5.99. The number of amides is 2. The molecule has 4 rings (SSSR count). The molecular weight excluding hydrogens is 354 g/mol. The SMILES string of the molecule is Cc1ccccc1-c1cc(NC(=O)Nc2cccc(-c3ncn(C)n3)c2)n[nH]1. The molecule has 28 heavy (non-hydrogen) atoms. The van der Waals surface area contributed by atoms with Gasteiger partial charge in [0.15, 0.2) is 11.6 Å². The summed E-state index contributed by atoms with van der Waals surface area (Å²) in [6.45, 7) is 2.03. The molecule has 0 saturated heterocycles. The predicted octanol–water partition coefficient (Wildman–Crippen LogP) is 3.82. The van der Waals surface area contributed by atoms with Gasteiger partial charge in [-0.3, -0.25) is 15.1 Å². The number of aromatic nitrogens is 5. The molecule has 2 aromatic heterocycles. The van der Waals surface area contributed by atoms with Crippen LogP contribution in [0.5, 0.6) is 0 Å². The lowest BCUT2D eigenvalue weighted by atomic mass is 10.1. The van der Waals surface area contributed by atoms with E-state index in [1.54, 1.807) is 30.2 Å². The van der Waals surface area contributed by atoms with Crippen molar-refractivity contribution >= 4 is 17.5 Å². The van der Waals surface area contributed by atoms with Crippen molar-refractivity contribution in [1.82, 2.24) is 25.0 Å². The van der Waals surface area contributed by atoms with Gasteiger partial charge in [0.25, 0.3) is 0 Å². The van der Waals surface area contributed by atoms with Crippen LogP contribution in [0.15, 0.2) is 60.9 Å². The number of aromatic amines is 1. The van der Waals surface area contributed by atoms with Gasteiger partial charge >= 0.3 is 6.03 Å².